The summed E-state index contributed by atoms with van der Waals surface area (Å²) in [5.74, 6) is 0.832. The first kappa shape index (κ1) is 10.6. The van der Waals surface area contributed by atoms with E-state index < -0.39 is 0 Å². The number of nitrogens with zero attached hydrogens (tertiary/aromatic N) is 2. The predicted octanol–water partition coefficient (Wildman–Crippen LogP) is 3.47. The molecule has 0 saturated heterocycles. The largest absolute Gasteiger partial charge is 0.367 e. The Morgan fingerprint density at radius 1 is 1.40 bits per heavy atom. The van der Waals surface area contributed by atoms with Crippen molar-refractivity contribution in [2.75, 3.05) is 5.32 Å². The molecule has 0 aliphatic heterocycles. The van der Waals surface area contributed by atoms with Gasteiger partial charge in [0.25, 0.3) is 0 Å². The molecule has 0 unspecified atom stereocenters. The zero-order valence-corrected chi connectivity index (χ0v) is 10.4. The molecule has 0 aliphatic rings. The Labute approximate surface area is 97.5 Å². The van der Waals surface area contributed by atoms with Gasteiger partial charge in [0.2, 0.25) is 5.28 Å². The number of hydrogen-bond acceptors (Lipinski definition) is 4. The summed E-state index contributed by atoms with van der Waals surface area (Å²) in [5.41, 5.74) is 0.917. The normalized spacial score (nSPS) is 11.3. The van der Waals surface area contributed by atoms with Crippen LogP contribution in [0, 0.1) is 6.92 Å². The topological polar surface area (TPSA) is 37.8 Å². The molecular formula is C10H12ClN3S. The molecule has 5 heteroatoms. The number of aromatic nitrogens is 2. The molecule has 0 aliphatic carbocycles. The number of aryl methyl sites for hydroxylation is 1. The first-order valence-electron chi connectivity index (χ1n) is 4.76. The summed E-state index contributed by atoms with van der Waals surface area (Å²) in [4.78, 5) is 9.63. The van der Waals surface area contributed by atoms with Crippen LogP contribution in [0.25, 0.3) is 10.9 Å². The van der Waals surface area contributed by atoms with Crippen LogP contribution in [0.3, 0.4) is 0 Å². The van der Waals surface area contributed by atoms with Gasteiger partial charge in [-0.15, -0.1) is 11.3 Å². The zero-order valence-electron chi connectivity index (χ0n) is 8.84. The zero-order chi connectivity index (χ0) is 11.0. The molecule has 0 atom stereocenters. The quantitative estimate of drug-likeness (QED) is 0.819. The lowest BCUT2D eigenvalue weighted by Gasteiger charge is -2.10. The minimum atomic E-state index is 0.295. The molecule has 3 nitrogen and oxygen atoms in total. The number of fused-ring (bicyclic) bond motifs is 1. The van der Waals surface area contributed by atoms with Crippen molar-refractivity contribution in [3.8, 4) is 0 Å². The molecule has 2 aromatic heterocycles. The van der Waals surface area contributed by atoms with Gasteiger partial charge in [0.05, 0.1) is 10.9 Å². The SMILES string of the molecule is Cc1scc2nc(Cl)nc(NC(C)C)c12. The Kier molecular flexibility index (Phi) is 2.80. The Hall–Kier alpha value is -0.870. The summed E-state index contributed by atoms with van der Waals surface area (Å²) in [5, 5.41) is 6.67. The fourth-order valence-corrected chi connectivity index (χ4v) is 2.42. The number of hydrogen-bond donors (Lipinski definition) is 1. The summed E-state index contributed by atoms with van der Waals surface area (Å²) < 4.78 is 0. The van der Waals surface area contributed by atoms with Crippen molar-refractivity contribution in [2.24, 2.45) is 0 Å². The third kappa shape index (κ3) is 2.06. The highest BCUT2D eigenvalue weighted by Gasteiger charge is 2.11. The van der Waals surface area contributed by atoms with E-state index in [1.807, 2.05) is 5.38 Å². The summed E-state index contributed by atoms with van der Waals surface area (Å²) >= 11 is 7.53. The minimum absolute atomic E-state index is 0.295. The molecule has 2 aromatic rings. The average molecular weight is 242 g/mol. The van der Waals surface area contributed by atoms with Crippen LogP contribution in [0.5, 0.6) is 0 Å². The van der Waals surface area contributed by atoms with Gasteiger partial charge >= 0.3 is 0 Å². The number of thiophene rings is 1. The van der Waals surface area contributed by atoms with Gasteiger partial charge < -0.3 is 5.32 Å². The van der Waals surface area contributed by atoms with Gasteiger partial charge in [0, 0.05) is 16.3 Å². The van der Waals surface area contributed by atoms with E-state index in [1.54, 1.807) is 11.3 Å². The van der Waals surface area contributed by atoms with Crippen LogP contribution >= 0.6 is 22.9 Å². The van der Waals surface area contributed by atoms with E-state index in [2.05, 4.69) is 36.1 Å². The van der Waals surface area contributed by atoms with Gasteiger partial charge in [0.15, 0.2) is 0 Å². The lowest BCUT2D eigenvalue weighted by molar-refractivity contribution is 0.890. The summed E-state index contributed by atoms with van der Waals surface area (Å²) in [6.07, 6.45) is 0. The number of anilines is 1. The van der Waals surface area contributed by atoms with Gasteiger partial charge in [-0.1, -0.05) is 0 Å². The molecule has 0 spiro atoms. The minimum Gasteiger partial charge on any atom is -0.367 e. The average Bonchev–Trinajstić information content (AvgIpc) is 2.46. The predicted molar refractivity (Wildman–Crippen MR) is 65.9 cm³/mol. The number of rotatable bonds is 2. The highest BCUT2D eigenvalue weighted by Crippen LogP contribution is 2.30. The van der Waals surface area contributed by atoms with E-state index in [4.69, 9.17) is 11.6 Å². The molecule has 2 heterocycles. The second-order valence-electron chi connectivity index (χ2n) is 3.69. The fraction of sp³-hybridized carbons (Fsp3) is 0.400. The van der Waals surface area contributed by atoms with Crippen molar-refractivity contribution in [1.82, 2.24) is 9.97 Å². The second kappa shape index (κ2) is 3.94. The van der Waals surface area contributed by atoms with Gasteiger partial charge in [-0.25, -0.2) is 9.97 Å². The van der Waals surface area contributed by atoms with Crippen LogP contribution in [-0.4, -0.2) is 16.0 Å². The van der Waals surface area contributed by atoms with E-state index >= 15 is 0 Å². The Morgan fingerprint density at radius 2 is 2.13 bits per heavy atom. The Bertz CT molecular complexity index is 493. The molecule has 1 N–H and O–H groups in total. The first-order valence-corrected chi connectivity index (χ1v) is 6.01. The van der Waals surface area contributed by atoms with Crippen molar-refractivity contribution in [1.29, 1.82) is 0 Å². The first-order chi connectivity index (χ1) is 7.08. The van der Waals surface area contributed by atoms with Crippen molar-refractivity contribution in [3.63, 3.8) is 0 Å². The van der Waals surface area contributed by atoms with Crippen LogP contribution in [0.15, 0.2) is 5.38 Å². The van der Waals surface area contributed by atoms with Crippen LogP contribution in [0.2, 0.25) is 5.28 Å². The van der Waals surface area contributed by atoms with Crippen molar-refractivity contribution in [2.45, 2.75) is 26.8 Å². The highest BCUT2D eigenvalue weighted by atomic mass is 35.5. The molecule has 0 saturated carbocycles. The van der Waals surface area contributed by atoms with Crippen LogP contribution in [-0.2, 0) is 0 Å². The molecule has 0 bridgehead atoms. The van der Waals surface area contributed by atoms with Crippen molar-refractivity contribution >= 4 is 39.7 Å². The Morgan fingerprint density at radius 3 is 2.80 bits per heavy atom. The molecule has 0 aromatic carbocycles. The molecular weight excluding hydrogens is 230 g/mol. The molecule has 0 fully saturated rings. The lowest BCUT2D eigenvalue weighted by atomic mass is 10.3. The van der Waals surface area contributed by atoms with E-state index in [9.17, 15) is 0 Å². The van der Waals surface area contributed by atoms with Crippen LogP contribution in [0.1, 0.15) is 18.7 Å². The van der Waals surface area contributed by atoms with E-state index in [0.717, 1.165) is 16.7 Å². The van der Waals surface area contributed by atoms with Crippen molar-refractivity contribution < 1.29 is 0 Å². The summed E-state index contributed by atoms with van der Waals surface area (Å²) in [6.45, 7) is 6.21. The summed E-state index contributed by atoms with van der Waals surface area (Å²) in [7, 11) is 0. The molecule has 0 amide bonds. The lowest BCUT2D eigenvalue weighted by Crippen LogP contribution is -2.11. The van der Waals surface area contributed by atoms with Crippen LogP contribution < -0.4 is 5.32 Å². The maximum absolute atomic E-state index is 5.86. The van der Waals surface area contributed by atoms with E-state index in [0.29, 0.717) is 11.3 Å². The van der Waals surface area contributed by atoms with Gasteiger partial charge in [0.1, 0.15) is 5.82 Å². The Balaban J connectivity index is 2.63. The molecule has 80 valence electrons. The standard InChI is InChI=1S/C10H12ClN3S/c1-5(2)12-9-8-6(3)15-4-7(8)13-10(11)14-9/h4-5H,1-3H3,(H,12,13,14). The molecule has 0 radical (unpaired) electrons. The third-order valence-corrected chi connectivity index (χ3v) is 3.10. The molecule has 15 heavy (non-hydrogen) atoms. The smallest absolute Gasteiger partial charge is 0.224 e. The van der Waals surface area contributed by atoms with Gasteiger partial charge in [-0.05, 0) is 32.4 Å². The van der Waals surface area contributed by atoms with Crippen LogP contribution in [0.4, 0.5) is 5.82 Å². The number of halogens is 1. The van der Waals surface area contributed by atoms with Crippen molar-refractivity contribution in [3.05, 3.63) is 15.5 Å². The molecule has 2 rings (SSSR count). The van der Waals surface area contributed by atoms with Gasteiger partial charge in [-0.3, -0.25) is 0 Å². The van der Waals surface area contributed by atoms with Gasteiger partial charge in [-0.2, -0.15) is 0 Å². The number of nitrogens with one attached hydrogen (secondary N) is 1. The fourth-order valence-electron chi connectivity index (χ4n) is 1.46. The third-order valence-electron chi connectivity index (χ3n) is 2.03. The van der Waals surface area contributed by atoms with E-state index in [-0.39, 0.29) is 0 Å². The maximum atomic E-state index is 5.86. The highest BCUT2D eigenvalue weighted by molar-refractivity contribution is 7.11. The summed E-state index contributed by atoms with van der Waals surface area (Å²) in [6, 6.07) is 0.332. The maximum Gasteiger partial charge on any atom is 0.224 e. The monoisotopic (exact) mass is 241 g/mol. The second-order valence-corrected chi connectivity index (χ2v) is 5.11. The van der Waals surface area contributed by atoms with E-state index in [1.165, 1.54) is 4.88 Å².